The minimum atomic E-state index is -0.775. The van der Waals surface area contributed by atoms with E-state index in [1.165, 1.54) is 7.11 Å². The van der Waals surface area contributed by atoms with Crippen LogP contribution in [0.5, 0.6) is 0 Å². The van der Waals surface area contributed by atoms with Gasteiger partial charge in [-0.3, -0.25) is 4.79 Å². The van der Waals surface area contributed by atoms with Gasteiger partial charge in [0.2, 0.25) is 0 Å². The number of fused-ring (bicyclic) bond motifs is 1. The summed E-state index contributed by atoms with van der Waals surface area (Å²) in [5.74, 6) is -0.441. The first kappa shape index (κ1) is 10.9. The van der Waals surface area contributed by atoms with Gasteiger partial charge in [0.05, 0.1) is 5.56 Å². The van der Waals surface area contributed by atoms with Crippen LogP contribution in [0, 0.1) is 0 Å². The van der Waals surface area contributed by atoms with E-state index in [2.05, 4.69) is 0 Å². The van der Waals surface area contributed by atoms with E-state index < -0.39 is 12.1 Å². The average molecular weight is 223 g/mol. The first-order valence-electron chi connectivity index (χ1n) is 5.10. The molecule has 1 aromatic heterocycles. The molecule has 1 aliphatic heterocycles. The summed E-state index contributed by atoms with van der Waals surface area (Å²) in [6.07, 6.45) is 0.897. The standard InChI is InChI=1S/C11H13NO4/c1-3-12-5-4-7-8(10(12)13)6-16-11(14)9(7)15-2/h4-5,9H,3,6H2,1-2H3. The Labute approximate surface area is 92.6 Å². The Morgan fingerprint density at radius 2 is 2.31 bits per heavy atom. The van der Waals surface area contributed by atoms with Crippen LogP contribution in [0.2, 0.25) is 0 Å². The van der Waals surface area contributed by atoms with Gasteiger partial charge in [0, 0.05) is 25.4 Å². The molecule has 5 heteroatoms. The summed E-state index contributed by atoms with van der Waals surface area (Å²) in [5.41, 5.74) is 1.01. The molecule has 0 saturated heterocycles. The number of hydrogen-bond acceptors (Lipinski definition) is 4. The van der Waals surface area contributed by atoms with E-state index in [-0.39, 0.29) is 12.2 Å². The van der Waals surface area contributed by atoms with Gasteiger partial charge in [-0.15, -0.1) is 0 Å². The molecule has 0 amide bonds. The Balaban J connectivity index is 2.58. The number of ether oxygens (including phenoxy) is 2. The summed E-state index contributed by atoms with van der Waals surface area (Å²) >= 11 is 0. The summed E-state index contributed by atoms with van der Waals surface area (Å²) < 4.78 is 11.5. The molecule has 86 valence electrons. The van der Waals surface area contributed by atoms with Crippen LogP contribution >= 0.6 is 0 Å². The zero-order valence-corrected chi connectivity index (χ0v) is 9.23. The summed E-state index contributed by atoms with van der Waals surface area (Å²) in [6.45, 7) is 2.52. The fourth-order valence-electron chi connectivity index (χ4n) is 1.84. The number of nitrogens with zero attached hydrogens (tertiary/aromatic N) is 1. The normalized spacial score (nSPS) is 19.1. The zero-order valence-electron chi connectivity index (χ0n) is 9.23. The van der Waals surface area contributed by atoms with E-state index in [0.717, 1.165) is 0 Å². The number of aryl methyl sites for hydroxylation is 1. The predicted molar refractivity (Wildman–Crippen MR) is 55.9 cm³/mol. The number of pyridine rings is 1. The lowest BCUT2D eigenvalue weighted by Gasteiger charge is -2.23. The highest BCUT2D eigenvalue weighted by atomic mass is 16.6. The second-order valence-electron chi connectivity index (χ2n) is 3.56. The Kier molecular flexibility index (Phi) is 2.78. The number of carbonyl (C=O) groups excluding carboxylic acids is 1. The number of methoxy groups -OCH3 is 1. The maximum Gasteiger partial charge on any atom is 0.340 e. The van der Waals surface area contributed by atoms with Crippen molar-refractivity contribution in [2.75, 3.05) is 7.11 Å². The Morgan fingerprint density at radius 3 is 2.94 bits per heavy atom. The van der Waals surface area contributed by atoms with Crippen LogP contribution in [0.15, 0.2) is 17.1 Å². The highest BCUT2D eigenvalue weighted by Gasteiger charge is 2.31. The molecule has 5 nitrogen and oxygen atoms in total. The summed E-state index contributed by atoms with van der Waals surface area (Å²) in [5, 5.41) is 0. The van der Waals surface area contributed by atoms with Crippen LogP contribution in [0.1, 0.15) is 24.2 Å². The van der Waals surface area contributed by atoms with Gasteiger partial charge < -0.3 is 14.0 Å². The minimum absolute atomic E-state index is 0.0354. The molecular formula is C11H13NO4. The molecule has 0 bridgehead atoms. The lowest BCUT2D eigenvalue weighted by atomic mass is 10.0. The van der Waals surface area contributed by atoms with E-state index in [1.807, 2.05) is 6.92 Å². The van der Waals surface area contributed by atoms with E-state index >= 15 is 0 Å². The zero-order chi connectivity index (χ0) is 11.7. The molecule has 0 saturated carbocycles. The van der Waals surface area contributed by atoms with Crippen LogP contribution in [0.3, 0.4) is 0 Å². The Morgan fingerprint density at radius 1 is 1.56 bits per heavy atom. The molecule has 0 fully saturated rings. The highest BCUT2D eigenvalue weighted by molar-refractivity contribution is 5.78. The fourth-order valence-corrected chi connectivity index (χ4v) is 1.84. The van der Waals surface area contributed by atoms with Gasteiger partial charge in [-0.25, -0.2) is 4.79 Å². The van der Waals surface area contributed by atoms with Crippen molar-refractivity contribution in [2.45, 2.75) is 26.2 Å². The molecule has 1 atom stereocenters. The molecule has 0 radical (unpaired) electrons. The number of aromatic nitrogens is 1. The number of hydrogen-bond donors (Lipinski definition) is 0. The monoisotopic (exact) mass is 223 g/mol. The number of carbonyl (C=O) groups is 1. The lowest BCUT2D eigenvalue weighted by molar-refractivity contribution is -0.159. The maximum absolute atomic E-state index is 11.9. The highest BCUT2D eigenvalue weighted by Crippen LogP contribution is 2.25. The molecule has 2 heterocycles. The van der Waals surface area contributed by atoms with Gasteiger partial charge in [-0.2, -0.15) is 0 Å². The SMILES string of the molecule is CCn1ccc2c(c1=O)COC(=O)C2OC. The summed E-state index contributed by atoms with van der Waals surface area (Å²) in [7, 11) is 1.42. The van der Waals surface area contributed by atoms with Gasteiger partial charge in [-0.1, -0.05) is 0 Å². The average Bonchev–Trinajstić information content (AvgIpc) is 2.29. The van der Waals surface area contributed by atoms with Gasteiger partial charge in [0.15, 0.2) is 6.10 Å². The molecule has 0 N–H and O–H groups in total. The molecular weight excluding hydrogens is 210 g/mol. The third kappa shape index (κ3) is 1.53. The Bertz CT molecular complexity index is 477. The quantitative estimate of drug-likeness (QED) is 0.689. The van der Waals surface area contributed by atoms with Gasteiger partial charge in [-0.05, 0) is 13.0 Å². The number of cyclic esters (lactones) is 1. The first-order chi connectivity index (χ1) is 7.69. The fraction of sp³-hybridized carbons (Fsp3) is 0.455. The maximum atomic E-state index is 11.9. The van der Waals surface area contributed by atoms with Crippen molar-refractivity contribution in [3.63, 3.8) is 0 Å². The molecule has 1 unspecified atom stereocenters. The van der Waals surface area contributed by atoms with Crippen molar-refractivity contribution in [3.8, 4) is 0 Å². The predicted octanol–water partition coefficient (Wildman–Crippen LogP) is 0.612. The largest absolute Gasteiger partial charge is 0.458 e. The number of rotatable bonds is 2. The number of esters is 1. The summed E-state index contributed by atoms with van der Waals surface area (Å²) in [4.78, 5) is 23.3. The summed E-state index contributed by atoms with van der Waals surface area (Å²) in [6, 6.07) is 1.74. The molecule has 2 rings (SSSR count). The third-order valence-corrected chi connectivity index (χ3v) is 2.73. The van der Waals surface area contributed by atoms with Gasteiger partial charge >= 0.3 is 5.97 Å². The molecule has 1 aromatic rings. The van der Waals surface area contributed by atoms with Gasteiger partial charge in [0.1, 0.15) is 6.61 Å². The van der Waals surface area contributed by atoms with Crippen molar-refractivity contribution in [2.24, 2.45) is 0 Å². The van der Waals surface area contributed by atoms with E-state index in [9.17, 15) is 9.59 Å². The van der Waals surface area contributed by atoms with Crippen LogP contribution in [0.4, 0.5) is 0 Å². The van der Waals surface area contributed by atoms with E-state index in [1.54, 1.807) is 16.8 Å². The van der Waals surface area contributed by atoms with Crippen molar-refractivity contribution in [1.29, 1.82) is 0 Å². The van der Waals surface area contributed by atoms with Crippen LogP contribution in [0.25, 0.3) is 0 Å². The van der Waals surface area contributed by atoms with Crippen molar-refractivity contribution in [3.05, 3.63) is 33.7 Å². The Hall–Kier alpha value is -1.62. The molecule has 0 spiro atoms. The van der Waals surface area contributed by atoms with Crippen molar-refractivity contribution < 1.29 is 14.3 Å². The van der Waals surface area contributed by atoms with Crippen LogP contribution in [-0.4, -0.2) is 17.6 Å². The topological polar surface area (TPSA) is 57.5 Å². The van der Waals surface area contributed by atoms with Gasteiger partial charge in [0.25, 0.3) is 5.56 Å². The van der Waals surface area contributed by atoms with E-state index in [0.29, 0.717) is 17.7 Å². The molecule has 0 aromatic carbocycles. The second-order valence-corrected chi connectivity index (χ2v) is 3.56. The minimum Gasteiger partial charge on any atom is -0.458 e. The van der Waals surface area contributed by atoms with E-state index in [4.69, 9.17) is 9.47 Å². The lowest BCUT2D eigenvalue weighted by Crippen LogP contribution is -2.32. The van der Waals surface area contributed by atoms with Crippen molar-refractivity contribution in [1.82, 2.24) is 4.57 Å². The molecule has 16 heavy (non-hydrogen) atoms. The van der Waals surface area contributed by atoms with Crippen LogP contribution < -0.4 is 5.56 Å². The van der Waals surface area contributed by atoms with Crippen LogP contribution in [-0.2, 0) is 27.4 Å². The first-order valence-corrected chi connectivity index (χ1v) is 5.10. The third-order valence-electron chi connectivity index (χ3n) is 2.73. The smallest absolute Gasteiger partial charge is 0.340 e. The second kappa shape index (κ2) is 4.09. The van der Waals surface area contributed by atoms with Crippen molar-refractivity contribution >= 4 is 5.97 Å². The molecule has 0 aliphatic carbocycles. The molecule has 1 aliphatic rings.